The number of hydrogen-bond acceptors (Lipinski definition) is 2. The van der Waals surface area contributed by atoms with E-state index in [9.17, 15) is 0 Å². The molecule has 0 atom stereocenters. The van der Waals surface area contributed by atoms with E-state index in [1.165, 1.54) is 11.3 Å². The quantitative estimate of drug-likeness (QED) is 0.625. The van der Waals surface area contributed by atoms with Crippen LogP contribution >= 0.6 is 0 Å². The van der Waals surface area contributed by atoms with Crippen LogP contribution in [0.2, 0.25) is 0 Å². The van der Waals surface area contributed by atoms with Gasteiger partial charge in [0.1, 0.15) is 0 Å². The molecule has 0 saturated carbocycles. The second kappa shape index (κ2) is 4.88. The highest BCUT2D eigenvalue weighted by Crippen LogP contribution is 2.06. The van der Waals surface area contributed by atoms with Crippen molar-refractivity contribution in [2.24, 2.45) is 4.99 Å². The smallest absolute Gasteiger partial charge is 0.0402 e. The Labute approximate surface area is 74.1 Å². The summed E-state index contributed by atoms with van der Waals surface area (Å²) >= 11 is 0. The van der Waals surface area contributed by atoms with E-state index in [0.29, 0.717) is 0 Å². The van der Waals surface area contributed by atoms with Gasteiger partial charge in [0.25, 0.3) is 0 Å². The molecule has 2 nitrogen and oxygen atoms in total. The molecular formula is C10H16N2. The fraction of sp³-hybridized carbons (Fsp3) is 0.500. The maximum atomic E-state index is 4.26. The molecule has 0 aliphatic carbocycles. The molecule has 1 N–H and O–H groups in total. The lowest BCUT2D eigenvalue weighted by molar-refractivity contribution is 0.729. The van der Waals surface area contributed by atoms with E-state index in [4.69, 9.17) is 0 Å². The molecule has 12 heavy (non-hydrogen) atoms. The van der Waals surface area contributed by atoms with Crippen LogP contribution in [0.15, 0.2) is 28.8 Å². The summed E-state index contributed by atoms with van der Waals surface area (Å²) in [5.41, 5.74) is 2.56. The molecular weight excluding hydrogens is 148 g/mol. The highest BCUT2D eigenvalue weighted by molar-refractivity contribution is 6.01. The van der Waals surface area contributed by atoms with Gasteiger partial charge in [-0.05, 0) is 12.5 Å². The number of nitrogens with one attached hydrogen (secondary N) is 1. The second-order valence-electron chi connectivity index (χ2n) is 2.81. The van der Waals surface area contributed by atoms with E-state index in [-0.39, 0.29) is 0 Å². The van der Waals surface area contributed by atoms with Gasteiger partial charge in [-0.1, -0.05) is 18.2 Å². The van der Waals surface area contributed by atoms with Crippen LogP contribution in [-0.4, -0.2) is 25.8 Å². The molecule has 1 heterocycles. The number of rotatable bonds is 1. The number of aliphatic imine (C=N–C) groups is 1. The maximum absolute atomic E-state index is 4.26. The van der Waals surface area contributed by atoms with Crippen molar-refractivity contribution in [3.05, 3.63) is 23.8 Å². The van der Waals surface area contributed by atoms with Crippen molar-refractivity contribution in [2.75, 3.05) is 20.1 Å². The fourth-order valence-corrected chi connectivity index (χ4v) is 1.32. The number of piperidine rings is 1. The first-order chi connectivity index (χ1) is 5.88. The summed E-state index contributed by atoms with van der Waals surface area (Å²) < 4.78 is 0. The Balaban J connectivity index is 2.71. The first kappa shape index (κ1) is 9.20. The van der Waals surface area contributed by atoms with E-state index < -0.39 is 0 Å². The van der Waals surface area contributed by atoms with Gasteiger partial charge in [-0.2, -0.15) is 0 Å². The summed E-state index contributed by atoms with van der Waals surface area (Å²) in [5, 5.41) is 3.33. The largest absolute Gasteiger partial charge is 0.312 e. The van der Waals surface area contributed by atoms with E-state index in [1.807, 2.05) is 20.0 Å². The minimum absolute atomic E-state index is 0.955. The molecule has 0 spiro atoms. The SMILES string of the molecule is C/C=C\C=C1\CNCCC1=NC. The number of nitrogens with zero attached hydrogens (tertiary/aromatic N) is 1. The molecule has 0 aromatic heterocycles. The summed E-state index contributed by atoms with van der Waals surface area (Å²) in [6.07, 6.45) is 7.29. The van der Waals surface area contributed by atoms with Crippen molar-refractivity contribution in [3.8, 4) is 0 Å². The lowest BCUT2D eigenvalue weighted by atomic mass is 10.0. The molecule has 1 saturated heterocycles. The Kier molecular flexibility index (Phi) is 3.74. The maximum Gasteiger partial charge on any atom is 0.0402 e. The zero-order valence-electron chi connectivity index (χ0n) is 7.80. The van der Waals surface area contributed by atoms with Gasteiger partial charge in [0, 0.05) is 32.3 Å². The van der Waals surface area contributed by atoms with Crippen LogP contribution in [0.3, 0.4) is 0 Å². The van der Waals surface area contributed by atoms with Crippen LogP contribution in [-0.2, 0) is 0 Å². The highest BCUT2D eigenvalue weighted by Gasteiger charge is 2.09. The van der Waals surface area contributed by atoms with Gasteiger partial charge in [0.15, 0.2) is 0 Å². The minimum Gasteiger partial charge on any atom is -0.312 e. The van der Waals surface area contributed by atoms with Gasteiger partial charge in [-0.25, -0.2) is 0 Å². The van der Waals surface area contributed by atoms with Crippen molar-refractivity contribution in [3.63, 3.8) is 0 Å². The van der Waals surface area contributed by atoms with E-state index >= 15 is 0 Å². The summed E-state index contributed by atoms with van der Waals surface area (Å²) in [4.78, 5) is 4.26. The normalized spacial score (nSPS) is 25.8. The number of allylic oxidation sites excluding steroid dienone is 3. The van der Waals surface area contributed by atoms with Crippen molar-refractivity contribution >= 4 is 5.71 Å². The average molecular weight is 164 g/mol. The van der Waals surface area contributed by atoms with Crippen LogP contribution in [0.4, 0.5) is 0 Å². The molecule has 66 valence electrons. The Bertz CT molecular complexity index is 224. The van der Waals surface area contributed by atoms with Gasteiger partial charge >= 0.3 is 0 Å². The van der Waals surface area contributed by atoms with E-state index in [1.54, 1.807) is 0 Å². The standard InChI is InChI=1S/C10H16N2/c1-3-4-5-9-8-12-7-6-10(9)11-2/h3-5,12H,6-8H2,1-2H3/b4-3-,9-5-,11-10?. The zero-order valence-corrected chi connectivity index (χ0v) is 7.80. The third kappa shape index (κ3) is 2.31. The monoisotopic (exact) mass is 164 g/mol. The molecule has 1 rings (SSSR count). The van der Waals surface area contributed by atoms with E-state index in [2.05, 4.69) is 22.5 Å². The van der Waals surface area contributed by atoms with Crippen molar-refractivity contribution in [1.82, 2.24) is 5.32 Å². The molecule has 0 aromatic carbocycles. The average Bonchev–Trinajstić information content (AvgIpc) is 2.15. The molecule has 0 amide bonds. The highest BCUT2D eigenvalue weighted by atomic mass is 14.9. The molecule has 0 aromatic rings. The third-order valence-electron chi connectivity index (χ3n) is 1.98. The fourth-order valence-electron chi connectivity index (χ4n) is 1.32. The Morgan fingerprint density at radius 2 is 2.33 bits per heavy atom. The summed E-state index contributed by atoms with van der Waals surface area (Å²) in [6, 6.07) is 0. The summed E-state index contributed by atoms with van der Waals surface area (Å²) in [6.45, 7) is 4.03. The van der Waals surface area contributed by atoms with Gasteiger partial charge in [-0.3, -0.25) is 4.99 Å². The first-order valence-corrected chi connectivity index (χ1v) is 4.37. The number of hydrogen-bond donors (Lipinski definition) is 1. The van der Waals surface area contributed by atoms with Crippen LogP contribution in [0, 0.1) is 0 Å². The van der Waals surface area contributed by atoms with E-state index in [0.717, 1.165) is 19.5 Å². The molecule has 0 radical (unpaired) electrons. The van der Waals surface area contributed by atoms with Crippen molar-refractivity contribution in [1.29, 1.82) is 0 Å². The first-order valence-electron chi connectivity index (χ1n) is 4.37. The van der Waals surface area contributed by atoms with Crippen LogP contribution in [0.5, 0.6) is 0 Å². The predicted octanol–water partition coefficient (Wildman–Crippen LogP) is 1.55. The third-order valence-corrected chi connectivity index (χ3v) is 1.98. The lowest BCUT2D eigenvalue weighted by Crippen LogP contribution is -2.30. The Hall–Kier alpha value is -0.890. The van der Waals surface area contributed by atoms with Gasteiger partial charge in [-0.15, -0.1) is 0 Å². The molecule has 0 unspecified atom stereocenters. The van der Waals surface area contributed by atoms with Crippen LogP contribution in [0.25, 0.3) is 0 Å². The molecule has 1 aliphatic rings. The summed E-state index contributed by atoms with van der Waals surface area (Å²) in [7, 11) is 1.87. The Morgan fingerprint density at radius 1 is 1.50 bits per heavy atom. The molecule has 2 heteroatoms. The molecule has 0 bridgehead atoms. The Morgan fingerprint density at radius 3 is 3.00 bits per heavy atom. The predicted molar refractivity (Wildman–Crippen MR) is 53.7 cm³/mol. The van der Waals surface area contributed by atoms with Gasteiger partial charge < -0.3 is 5.32 Å². The topological polar surface area (TPSA) is 24.4 Å². The second-order valence-corrected chi connectivity index (χ2v) is 2.81. The molecule has 1 fully saturated rings. The van der Waals surface area contributed by atoms with Crippen LogP contribution in [0.1, 0.15) is 13.3 Å². The zero-order chi connectivity index (χ0) is 8.81. The van der Waals surface area contributed by atoms with Crippen molar-refractivity contribution < 1.29 is 0 Å². The van der Waals surface area contributed by atoms with Gasteiger partial charge in [0.2, 0.25) is 0 Å². The van der Waals surface area contributed by atoms with Gasteiger partial charge in [0.05, 0.1) is 0 Å². The molecule has 1 aliphatic heterocycles. The minimum atomic E-state index is 0.955. The van der Waals surface area contributed by atoms with Crippen LogP contribution < -0.4 is 5.32 Å². The van der Waals surface area contributed by atoms with Crippen molar-refractivity contribution in [2.45, 2.75) is 13.3 Å². The summed E-state index contributed by atoms with van der Waals surface area (Å²) in [5.74, 6) is 0. The lowest BCUT2D eigenvalue weighted by Gasteiger charge is -2.17.